The van der Waals surface area contributed by atoms with Gasteiger partial charge in [-0.05, 0) is 40.9 Å². The van der Waals surface area contributed by atoms with Crippen molar-refractivity contribution in [1.29, 1.82) is 0 Å². The van der Waals surface area contributed by atoms with Crippen LogP contribution in [0.4, 0.5) is 4.39 Å². The van der Waals surface area contributed by atoms with Crippen LogP contribution < -0.4 is 0 Å². The SMILES string of the molecule is Cc1cscc1Cn1c(CCl)nc2cc(F)ccc21. The Labute approximate surface area is 119 Å². The molecule has 0 N–H and O–H groups in total. The molecule has 1 aromatic carbocycles. The summed E-state index contributed by atoms with van der Waals surface area (Å²) in [5.41, 5.74) is 4.08. The largest absolute Gasteiger partial charge is 0.322 e. The van der Waals surface area contributed by atoms with E-state index in [2.05, 4.69) is 27.2 Å². The first-order valence-electron chi connectivity index (χ1n) is 5.91. The summed E-state index contributed by atoms with van der Waals surface area (Å²) in [6.07, 6.45) is 0. The van der Waals surface area contributed by atoms with Crippen LogP contribution in [0.25, 0.3) is 11.0 Å². The second-order valence-corrected chi connectivity index (χ2v) is 5.47. The van der Waals surface area contributed by atoms with Gasteiger partial charge >= 0.3 is 0 Å². The van der Waals surface area contributed by atoms with Crippen LogP contribution in [-0.2, 0) is 12.4 Å². The lowest BCUT2D eigenvalue weighted by Gasteiger charge is -2.07. The van der Waals surface area contributed by atoms with Crippen LogP contribution in [0.5, 0.6) is 0 Å². The molecule has 0 aliphatic rings. The third-order valence-electron chi connectivity index (χ3n) is 3.20. The lowest BCUT2D eigenvalue weighted by atomic mass is 10.2. The maximum Gasteiger partial charge on any atom is 0.125 e. The van der Waals surface area contributed by atoms with Gasteiger partial charge in [-0.2, -0.15) is 11.3 Å². The second kappa shape index (κ2) is 4.94. The van der Waals surface area contributed by atoms with Crippen molar-refractivity contribution < 1.29 is 4.39 Å². The fourth-order valence-electron chi connectivity index (χ4n) is 2.15. The number of nitrogens with zero attached hydrogens (tertiary/aromatic N) is 2. The lowest BCUT2D eigenvalue weighted by molar-refractivity contribution is 0.629. The molecule has 0 unspecified atom stereocenters. The second-order valence-electron chi connectivity index (χ2n) is 4.46. The zero-order valence-electron chi connectivity index (χ0n) is 10.4. The molecular weight excluding hydrogens is 283 g/mol. The predicted molar refractivity (Wildman–Crippen MR) is 77.4 cm³/mol. The van der Waals surface area contributed by atoms with Gasteiger partial charge in [0.15, 0.2) is 0 Å². The van der Waals surface area contributed by atoms with Gasteiger partial charge in [0, 0.05) is 6.07 Å². The number of aromatic nitrogens is 2. The van der Waals surface area contributed by atoms with Gasteiger partial charge in [0.05, 0.1) is 23.5 Å². The number of fused-ring (bicyclic) bond motifs is 1. The predicted octanol–water partition coefficient (Wildman–Crippen LogP) is 4.33. The third-order valence-corrected chi connectivity index (χ3v) is 4.35. The number of rotatable bonds is 3. The van der Waals surface area contributed by atoms with Crippen molar-refractivity contribution in [3.63, 3.8) is 0 Å². The smallest absolute Gasteiger partial charge is 0.125 e. The van der Waals surface area contributed by atoms with E-state index in [9.17, 15) is 4.39 Å². The molecule has 0 fully saturated rings. The van der Waals surface area contributed by atoms with Crippen LogP contribution >= 0.6 is 22.9 Å². The molecular formula is C14H12ClFN2S. The third kappa shape index (κ3) is 2.26. The molecule has 98 valence electrons. The highest BCUT2D eigenvalue weighted by atomic mass is 35.5. The molecule has 2 nitrogen and oxygen atoms in total. The fourth-order valence-corrected chi connectivity index (χ4v) is 3.20. The first kappa shape index (κ1) is 12.6. The molecule has 19 heavy (non-hydrogen) atoms. The summed E-state index contributed by atoms with van der Waals surface area (Å²) in [7, 11) is 0. The molecule has 0 radical (unpaired) electrons. The molecule has 2 heterocycles. The summed E-state index contributed by atoms with van der Waals surface area (Å²) < 4.78 is 15.3. The van der Waals surface area contributed by atoms with Gasteiger partial charge in [0.1, 0.15) is 11.6 Å². The van der Waals surface area contributed by atoms with Crippen LogP contribution in [0.2, 0.25) is 0 Å². The Morgan fingerprint density at radius 2 is 2.21 bits per heavy atom. The summed E-state index contributed by atoms with van der Waals surface area (Å²) in [6.45, 7) is 2.81. The topological polar surface area (TPSA) is 17.8 Å². The van der Waals surface area contributed by atoms with Crippen molar-refractivity contribution in [3.8, 4) is 0 Å². The van der Waals surface area contributed by atoms with Gasteiger partial charge in [0.2, 0.25) is 0 Å². The van der Waals surface area contributed by atoms with Crippen molar-refractivity contribution in [2.75, 3.05) is 0 Å². The van der Waals surface area contributed by atoms with Gasteiger partial charge < -0.3 is 4.57 Å². The molecule has 0 aliphatic heterocycles. The van der Waals surface area contributed by atoms with E-state index in [-0.39, 0.29) is 5.82 Å². The van der Waals surface area contributed by atoms with E-state index < -0.39 is 0 Å². The number of halogens is 2. The zero-order valence-corrected chi connectivity index (χ0v) is 11.9. The Bertz CT molecular complexity index is 732. The Balaban J connectivity index is 2.13. The number of imidazole rings is 1. The minimum atomic E-state index is -0.273. The van der Waals surface area contributed by atoms with E-state index in [4.69, 9.17) is 11.6 Å². The Hall–Kier alpha value is -1.39. The van der Waals surface area contributed by atoms with Crippen LogP contribution in [-0.4, -0.2) is 9.55 Å². The van der Waals surface area contributed by atoms with Crippen molar-refractivity contribution in [1.82, 2.24) is 9.55 Å². The van der Waals surface area contributed by atoms with Crippen molar-refractivity contribution >= 4 is 34.0 Å². The van der Waals surface area contributed by atoms with Gasteiger partial charge in [-0.1, -0.05) is 0 Å². The highest BCUT2D eigenvalue weighted by Crippen LogP contribution is 2.22. The van der Waals surface area contributed by atoms with Crippen LogP contribution in [0.15, 0.2) is 29.0 Å². The Kier molecular flexibility index (Phi) is 3.29. The monoisotopic (exact) mass is 294 g/mol. The molecule has 0 saturated heterocycles. The quantitative estimate of drug-likeness (QED) is 0.657. The van der Waals surface area contributed by atoms with Crippen LogP contribution in [0.1, 0.15) is 17.0 Å². The van der Waals surface area contributed by atoms with Crippen LogP contribution in [0, 0.1) is 12.7 Å². The van der Waals surface area contributed by atoms with E-state index in [1.54, 1.807) is 17.4 Å². The van der Waals surface area contributed by atoms with Crippen molar-refractivity contribution in [2.45, 2.75) is 19.3 Å². The first-order valence-corrected chi connectivity index (χ1v) is 7.39. The molecule has 2 aromatic heterocycles. The number of hydrogen-bond donors (Lipinski definition) is 0. The minimum absolute atomic E-state index is 0.273. The summed E-state index contributed by atoms with van der Waals surface area (Å²) in [5, 5.41) is 4.25. The number of aryl methyl sites for hydroxylation is 1. The molecule has 0 saturated carbocycles. The molecule has 5 heteroatoms. The molecule has 0 aliphatic carbocycles. The summed E-state index contributed by atoms with van der Waals surface area (Å²) in [6, 6.07) is 4.66. The maximum atomic E-state index is 13.2. The van der Waals surface area contributed by atoms with Gasteiger partial charge in [-0.3, -0.25) is 0 Å². The summed E-state index contributed by atoms with van der Waals surface area (Å²) >= 11 is 7.63. The van der Waals surface area contributed by atoms with E-state index in [1.165, 1.54) is 23.3 Å². The first-order chi connectivity index (χ1) is 9.19. The van der Waals surface area contributed by atoms with Gasteiger partial charge in [-0.15, -0.1) is 11.6 Å². The molecule has 3 aromatic rings. The highest BCUT2D eigenvalue weighted by molar-refractivity contribution is 7.08. The summed E-state index contributed by atoms with van der Waals surface area (Å²) in [5.74, 6) is 0.817. The Morgan fingerprint density at radius 3 is 2.89 bits per heavy atom. The summed E-state index contributed by atoms with van der Waals surface area (Å²) in [4.78, 5) is 4.40. The molecule has 0 atom stereocenters. The molecule has 3 rings (SSSR count). The standard InChI is InChI=1S/C14H12ClFN2S/c1-9-7-19-8-10(9)6-18-13-3-2-11(16)4-12(13)17-14(18)5-15/h2-4,7-8H,5-6H2,1H3. The minimum Gasteiger partial charge on any atom is -0.322 e. The fraction of sp³-hybridized carbons (Fsp3) is 0.214. The Morgan fingerprint density at radius 1 is 1.37 bits per heavy atom. The number of hydrogen-bond acceptors (Lipinski definition) is 2. The number of thiophene rings is 1. The van der Waals surface area contributed by atoms with E-state index in [0.29, 0.717) is 11.4 Å². The zero-order chi connectivity index (χ0) is 13.4. The van der Waals surface area contributed by atoms with Crippen molar-refractivity contribution in [2.24, 2.45) is 0 Å². The van der Waals surface area contributed by atoms with Crippen molar-refractivity contribution in [3.05, 3.63) is 51.7 Å². The van der Waals surface area contributed by atoms with E-state index >= 15 is 0 Å². The molecule has 0 spiro atoms. The number of benzene rings is 1. The van der Waals surface area contributed by atoms with Crippen LogP contribution in [0.3, 0.4) is 0 Å². The van der Waals surface area contributed by atoms with Gasteiger partial charge in [-0.25, -0.2) is 9.37 Å². The average Bonchev–Trinajstić information content (AvgIpc) is 2.94. The molecule has 0 amide bonds. The maximum absolute atomic E-state index is 13.2. The van der Waals surface area contributed by atoms with E-state index in [1.807, 2.05) is 0 Å². The van der Waals surface area contributed by atoms with E-state index in [0.717, 1.165) is 17.9 Å². The lowest BCUT2D eigenvalue weighted by Crippen LogP contribution is -2.03. The molecule has 0 bridgehead atoms. The normalized spacial score (nSPS) is 11.3. The van der Waals surface area contributed by atoms with Gasteiger partial charge in [0.25, 0.3) is 0 Å². The number of alkyl halides is 1. The average molecular weight is 295 g/mol. The highest BCUT2D eigenvalue weighted by Gasteiger charge is 2.12.